The summed E-state index contributed by atoms with van der Waals surface area (Å²) in [5, 5.41) is 6.81. The molecule has 130 valence electrons. The van der Waals surface area contributed by atoms with Crippen molar-refractivity contribution in [3.05, 3.63) is 71.8 Å². The molecule has 5 heteroatoms. The highest BCUT2D eigenvalue weighted by Gasteiger charge is 2.03. The fourth-order valence-electron chi connectivity index (χ4n) is 2.25. The van der Waals surface area contributed by atoms with E-state index in [1.165, 1.54) is 0 Å². The van der Waals surface area contributed by atoms with Crippen LogP contribution in [0.15, 0.2) is 65.8 Å². The number of unbranched alkanes of at least 4 members (excludes halogenated alkanes) is 2. The number of nitrogens with one attached hydrogen (secondary N) is 2. The number of nitrogens with zero attached hydrogens (tertiary/aromatic N) is 1. The van der Waals surface area contributed by atoms with Gasteiger partial charge in [0.1, 0.15) is 0 Å². The Kier molecular flexibility index (Phi) is 7.91. The highest BCUT2D eigenvalue weighted by Crippen LogP contribution is 2.01. The molecule has 0 aliphatic rings. The van der Waals surface area contributed by atoms with E-state index in [0.29, 0.717) is 18.5 Å². The van der Waals surface area contributed by atoms with Crippen LogP contribution in [0, 0.1) is 0 Å². The third kappa shape index (κ3) is 7.44. The highest BCUT2D eigenvalue weighted by molar-refractivity contribution is 5.94. The largest absolute Gasteiger partial charge is 0.352 e. The van der Waals surface area contributed by atoms with Gasteiger partial charge < -0.3 is 5.32 Å². The minimum atomic E-state index is -0.0968. The monoisotopic (exact) mass is 337 g/mol. The predicted molar refractivity (Wildman–Crippen MR) is 99.4 cm³/mol. The Hall–Kier alpha value is -2.95. The molecule has 2 rings (SSSR count). The van der Waals surface area contributed by atoms with Crippen LogP contribution in [0.2, 0.25) is 0 Å². The molecule has 0 bridgehead atoms. The quantitative estimate of drug-likeness (QED) is 0.419. The zero-order chi connectivity index (χ0) is 17.7. The van der Waals surface area contributed by atoms with Gasteiger partial charge in [-0.1, -0.05) is 55.0 Å². The van der Waals surface area contributed by atoms with Gasteiger partial charge in [0.15, 0.2) is 0 Å². The average Bonchev–Trinajstić information content (AvgIpc) is 2.66. The summed E-state index contributed by atoms with van der Waals surface area (Å²) < 4.78 is 0. The molecule has 2 N–H and O–H groups in total. The molecule has 0 saturated heterocycles. The topological polar surface area (TPSA) is 70.6 Å². The normalized spacial score (nSPS) is 10.6. The Balaban J connectivity index is 1.52. The first-order valence-corrected chi connectivity index (χ1v) is 8.46. The first-order chi connectivity index (χ1) is 12.3. The first kappa shape index (κ1) is 18.4. The first-order valence-electron chi connectivity index (χ1n) is 8.46. The van der Waals surface area contributed by atoms with Crippen LogP contribution in [0.4, 0.5) is 0 Å². The zero-order valence-corrected chi connectivity index (χ0v) is 14.2. The Morgan fingerprint density at radius 3 is 2.28 bits per heavy atom. The summed E-state index contributed by atoms with van der Waals surface area (Å²) in [5.74, 6) is -0.158. The molecule has 0 atom stereocenters. The van der Waals surface area contributed by atoms with Gasteiger partial charge in [-0.3, -0.25) is 9.59 Å². The van der Waals surface area contributed by atoms with Gasteiger partial charge >= 0.3 is 0 Å². The number of hydrogen-bond donors (Lipinski definition) is 2. The second-order valence-electron chi connectivity index (χ2n) is 5.64. The minimum absolute atomic E-state index is 0.0615. The molecule has 0 aliphatic heterocycles. The summed E-state index contributed by atoms with van der Waals surface area (Å²) in [6.07, 6.45) is 4.55. The zero-order valence-electron chi connectivity index (χ0n) is 14.2. The Labute approximate surface area is 148 Å². The number of rotatable bonds is 9. The lowest BCUT2D eigenvalue weighted by Crippen LogP contribution is -2.24. The number of hydrogen-bond acceptors (Lipinski definition) is 3. The van der Waals surface area contributed by atoms with Gasteiger partial charge in [0.05, 0.1) is 6.21 Å². The molecule has 2 aromatic carbocycles. The number of carbonyl (C=O) groups is 2. The van der Waals surface area contributed by atoms with Crippen molar-refractivity contribution in [3.63, 3.8) is 0 Å². The van der Waals surface area contributed by atoms with Crippen LogP contribution < -0.4 is 10.7 Å². The van der Waals surface area contributed by atoms with Crippen molar-refractivity contribution in [2.24, 2.45) is 5.10 Å². The van der Waals surface area contributed by atoms with Crippen LogP contribution in [0.1, 0.15) is 41.6 Å². The molecule has 0 heterocycles. The van der Waals surface area contributed by atoms with Crippen molar-refractivity contribution >= 4 is 18.0 Å². The van der Waals surface area contributed by atoms with Gasteiger partial charge in [-0.25, -0.2) is 5.43 Å². The summed E-state index contributed by atoms with van der Waals surface area (Å²) >= 11 is 0. The number of benzene rings is 2. The molecule has 0 fully saturated rings. The van der Waals surface area contributed by atoms with E-state index in [9.17, 15) is 9.59 Å². The molecule has 0 spiro atoms. The number of amides is 2. The minimum Gasteiger partial charge on any atom is -0.352 e. The van der Waals surface area contributed by atoms with Crippen molar-refractivity contribution in [2.45, 2.75) is 25.7 Å². The summed E-state index contributed by atoms with van der Waals surface area (Å²) in [7, 11) is 0. The van der Waals surface area contributed by atoms with Crippen molar-refractivity contribution < 1.29 is 9.59 Å². The van der Waals surface area contributed by atoms with Crippen molar-refractivity contribution in [1.29, 1.82) is 0 Å². The van der Waals surface area contributed by atoms with E-state index in [2.05, 4.69) is 15.8 Å². The third-order valence-electron chi connectivity index (χ3n) is 3.60. The molecule has 25 heavy (non-hydrogen) atoms. The molecule has 0 saturated carbocycles. The molecule has 0 aromatic heterocycles. The van der Waals surface area contributed by atoms with E-state index in [1.807, 2.05) is 48.5 Å². The van der Waals surface area contributed by atoms with Crippen LogP contribution in [0.25, 0.3) is 0 Å². The Morgan fingerprint density at radius 1 is 0.880 bits per heavy atom. The van der Waals surface area contributed by atoms with E-state index >= 15 is 0 Å². The Bertz CT molecular complexity index is 685. The lowest BCUT2D eigenvalue weighted by atomic mass is 10.2. The lowest BCUT2D eigenvalue weighted by Gasteiger charge is -2.05. The van der Waals surface area contributed by atoms with Crippen LogP contribution >= 0.6 is 0 Å². The maximum atomic E-state index is 11.8. The highest BCUT2D eigenvalue weighted by atomic mass is 16.2. The van der Waals surface area contributed by atoms with E-state index in [4.69, 9.17) is 0 Å². The van der Waals surface area contributed by atoms with E-state index in [1.54, 1.807) is 18.3 Å². The van der Waals surface area contributed by atoms with Crippen molar-refractivity contribution in [2.75, 3.05) is 6.54 Å². The fourth-order valence-corrected chi connectivity index (χ4v) is 2.25. The van der Waals surface area contributed by atoms with E-state index in [0.717, 1.165) is 24.8 Å². The molecular weight excluding hydrogens is 314 g/mol. The maximum absolute atomic E-state index is 11.8. The average molecular weight is 337 g/mol. The van der Waals surface area contributed by atoms with Gasteiger partial charge in [-0.05, 0) is 30.5 Å². The lowest BCUT2D eigenvalue weighted by molar-refractivity contribution is -0.121. The van der Waals surface area contributed by atoms with Gasteiger partial charge in [-0.15, -0.1) is 0 Å². The summed E-state index contributed by atoms with van der Waals surface area (Å²) in [5.41, 5.74) is 4.13. The second kappa shape index (κ2) is 10.8. The summed E-state index contributed by atoms with van der Waals surface area (Å²) in [6.45, 7) is 0.613. The predicted octanol–water partition coefficient (Wildman–Crippen LogP) is 3.13. The molecular formula is C20H23N3O2. The SMILES string of the molecule is O=C(CCCCCNC(=O)c1ccccc1)N/N=C\c1ccccc1. The molecule has 2 amide bonds. The number of hydrazone groups is 1. The maximum Gasteiger partial charge on any atom is 0.251 e. The van der Waals surface area contributed by atoms with Crippen LogP contribution in [0.3, 0.4) is 0 Å². The van der Waals surface area contributed by atoms with Crippen molar-refractivity contribution in [3.8, 4) is 0 Å². The van der Waals surface area contributed by atoms with Gasteiger partial charge in [-0.2, -0.15) is 5.10 Å². The molecule has 5 nitrogen and oxygen atoms in total. The molecule has 0 aliphatic carbocycles. The van der Waals surface area contributed by atoms with Gasteiger partial charge in [0.25, 0.3) is 5.91 Å². The van der Waals surface area contributed by atoms with Crippen LogP contribution in [-0.4, -0.2) is 24.6 Å². The Morgan fingerprint density at radius 2 is 1.56 bits per heavy atom. The van der Waals surface area contributed by atoms with Gasteiger partial charge in [0, 0.05) is 18.5 Å². The second-order valence-corrected chi connectivity index (χ2v) is 5.64. The summed E-state index contributed by atoms with van der Waals surface area (Å²) in [6, 6.07) is 18.7. The summed E-state index contributed by atoms with van der Waals surface area (Å²) in [4.78, 5) is 23.5. The third-order valence-corrected chi connectivity index (χ3v) is 3.60. The number of carbonyl (C=O) groups excluding carboxylic acids is 2. The molecule has 0 radical (unpaired) electrons. The smallest absolute Gasteiger partial charge is 0.251 e. The van der Waals surface area contributed by atoms with E-state index < -0.39 is 0 Å². The van der Waals surface area contributed by atoms with Crippen LogP contribution in [0.5, 0.6) is 0 Å². The fraction of sp³-hybridized carbons (Fsp3) is 0.250. The van der Waals surface area contributed by atoms with Gasteiger partial charge in [0.2, 0.25) is 5.91 Å². The molecule has 0 unspecified atom stereocenters. The molecule has 2 aromatic rings. The van der Waals surface area contributed by atoms with Crippen molar-refractivity contribution in [1.82, 2.24) is 10.7 Å². The standard InChI is InChI=1S/C20H23N3O2/c24-19(23-22-16-17-10-4-1-5-11-17)14-8-3-9-15-21-20(25)18-12-6-2-7-13-18/h1-2,4-7,10-13,16H,3,8-9,14-15H2,(H,21,25)(H,23,24)/b22-16-. The van der Waals surface area contributed by atoms with Crippen LogP contribution in [-0.2, 0) is 4.79 Å². The van der Waals surface area contributed by atoms with E-state index in [-0.39, 0.29) is 11.8 Å².